The van der Waals surface area contributed by atoms with Crippen molar-refractivity contribution in [3.05, 3.63) is 77.4 Å². The lowest BCUT2D eigenvalue weighted by Crippen LogP contribution is -2.31. The van der Waals surface area contributed by atoms with Gasteiger partial charge in [-0.3, -0.25) is 9.78 Å². The Balaban J connectivity index is 1.46. The molecule has 5 rings (SSSR count). The van der Waals surface area contributed by atoms with Crippen LogP contribution in [0.1, 0.15) is 46.5 Å². The summed E-state index contributed by atoms with van der Waals surface area (Å²) in [6, 6.07) is 17.9. The number of hydrogen-bond acceptors (Lipinski definition) is 4. The van der Waals surface area contributed by atoms with E-state index in [1.54, 1.807) is 7.11 Å². The highest BCUT2D eigenvalue weighted by Crippen LogP contribution is 2.35. The minimum Gasteiger partial charge on any atom is -0.497 e. The lowest BCUT2D eigenvalue weighted by Gasteiger charge is -2.25. The number of nitrogens with zero attached hydrogens (tertiary/aromatic N) is 3. The average Bonchev–Trinajstić information content (AvgIpc) is 3.43. The number of ether oxygens (including phenoxy) is 1. The number of methoxy groups -OCH3 is 1. The van der Waals surface area contributed by atoms with Gasteiger partial charge in [0.2, 0.25) is 0 Å². The number of fused-ring (bicyclic) bond motifs is 1. The molecule has 0 aliphatic carbocycles. The third-order valence-corrected chi connectivity index (χ3v) is 6.10. The van der Waals surface area contributed by atoms with Gasteiger partial charge in [0.05, 0.1) is 29.9 Å². The van der Waals surface area contributed by atoms with E-state index in [2.05, 4.69) is 34.2 Å². The van der Waals surface area contributed by atoms with E-state index in [9.17, 15) is 4.79 Å². The van der Waals surface area contributed by atoms with Crippen LogP contribution >= 0.6 is 0 Å². The van der Waals surface area contributed by atoms with E-state index in [0.717, 1.165) is 64.5 Å². The fraction of sp³-hybridized carbons (Fsp3) is 0.269. The monoisotopic (exact) mass is 426 g/mol. The van der Waals surface area contributed by atoms with Crippen LogP contribution in [0.2, 0.25) is 0 Å². The largest absolute Gasteiger partial charge is 0.497 e. The highest BCUT2D eigenvalue weighted by molar-refractivity contribution is 5.97. The number of rotatable bonds is 4. The summed E-state index contributed by atoms with van der Waals surface area (Å²) in [5.41, 5.74) is 6.54. The first-order valence-electron chi connectivity index (χ1n) is 10.9. The molecular weight excluding hydrogens is 400 g/mol. The molecule has 4 aromatic rings. The van der Waals surface area contributed by atoms with Gasteiger partial charge < -0.3 is 14.6 Å². The van der Waals surface area contributed by atoms with Crippen molar-refractivity contribution in [1.82, 2.24) is 19.9 Å². The van der Waals surface area contributed by atoms with Crippen molar-refractivity contribution in [3.63, 3.8) is 0 Å². The maximum atomic E-state index is 13.4. The summed E-state index contributed by atoms with van der Waals surface area (Å²) in [6.07, 6.45) is 1.88. The molecule has 3 heterocycles. The van der Waals surface area contributed by atoms with Gasteiger partial charge in [-0.05, 0) is 80.3 Å². The molecule has 1 amide bonds. The van der Waals surface area contributed by atoms with E-state index in [1.807, 2.05) is 49.1 Å². The molecule has 1 atom stereocenters. The van der Waals surface area contributed by atoms with Crippen molar-refractivity contribution in [2.45, 2.75) is 32.7 Å². The van der Waals surface area contributed by atoms with Crippen molar-refractivity contribution < 1.29 is 9.53 Å². The van der Waals surface area contributed by atoms with Crippen LogP contribution in [-0.4, -0.2) is 39.4 Å². The standard InChI is InChI=1S/C26H26N4O2/c1-16-13-20(18-6-9-21(32-3)10-7-18)15-24(27-16)25-5-4-12-30(25)26(31)19-8-11-22-23(14-19)29-17(2)28-22/h6-11,13-15,25H,4-5,12H2,1-3H3,(H,28,29). The topological polar surface area (TPSA) is 71.1 Å². The van der Waals surface area contributed by atoms with Crippen LogP contribution < -0.4 is 4.74 Å². The third kappa shape index (κ3) is 3.73. The molecule has 0 radical (unpaired) electrons. The number of aryl methyl sites for hydroxylation is 2. The Hall–Kier alpha value is -3.67. The number of benzene rings is 2. The van der Waals surface area contributed by atoms with E-state index in [1.165, 1.54) is 0 Å². The highest BCUT2D eigenvalue weighted by atomic mass is 16.5. The average molecular weight is 427 g/mol. The quantitative estimate of drug-likeness (QED) is 0.485. The van der Waals surface area contributed by atoms with Gasteiger partial charge in [0, 0.05) is 17.8 Å². The van der Waals surface area contributed by atoms with Gasteiger partial charge in [-0.25, -0.2) is 4.98 Å². The summed E-state index contributed by atoms with van der Waals surface area (Å²) in [5.74, 6) is 1.71. The smallest absolute Gasteiger partial charge is 0.254 e. The zero-order chi connectivity index (χ0) is 22.2. The fourth-order valence-corrected chi connectivity index (χ4v) is 4.57. The molecule has 162 valence electrons. The van der Waals surface area contributed by atoms with Crippen molar-refractivity contribution in [1.29, 1.82) is 0 Å². The molecule has 1 saturated heterocycles. The SMILES string of the molecule is COc1ccc(-c2cc(C)nc(C3CCCN3C(=O)c3ccc4nc(C)[nH]c4c3)c2)cc1. The minimum atomic E-state index is -0.0291. The lowest BCUT2D eigenvalue weighted by atomic mass is 10.0. The molecule has 0 spiro atoms. The summed E-state index contributed by atoms with van der Waals surface area (Å²) in [6.45, 7) is 4.66. The first kappa shape index (κ1) is 20.2. The maximum Gasteiger partial charge on any atom is 0.254 e. The van der Waals surface area contributed by atoms with Crippen LogP contribution in [0.4, 0.5) is 0 Å². The van der Waals surface area contributed by atoms with Crippen molar-refractivity contribution >= 4 is 16.9 Å². The molecular formula is C26H26N4O2. The second-order valence-electron chi connectivity index (χ2n) is 8.36. The van der Waals surface area contributed by atoms with Crippen LogP contribution in [0.5, 0.6) is 5.75 Å². The van der Waals surface area contributed by atoms with Crippen LogP contribution in [0.3, 0.4) is 0 Å². The van der Waals surface area contributed by atoms with Gasteiger partial charge in [-0.1, -0.05) is 12.1 Å². The van der Waals surface area contributed by atoms with E-state index < -0.39 is 0 Å². The lowest BCUT2D eigenvalue weighted by molar-refractivity contribution is 0.0733. The zero-order valence-corrected chi connectivity index (χ0v) is 18.6. The van der Waals surface area contributed by atoms with E-state index in [0.29, 0.717) is 5.56 Å². The van der Waals surface area contributed by atoms with Crippen LogP contribution in [0.25, 0.3) is 22.2 Å². The second kappa shape index (κ2) is 8.11. The summed E-state index contributed by atoms with van der Waals surface area (Å²) in [7, 11) is 1.67. The van der Waals surface area contributed by atoms with Gasteiger partial charge in [0.15, 0.2) is 0 Å². The number of carbonyl (C=O) groups is 1. The predicted molar refractivity (Wildman–Crippen MR) is 125 cm³/mol. The second-order valence-corrected chi connectivity index (χ2v) is 8.36. The van der Waals surface area contributed by atoms with Gasteiger partial charge in [0.25, 0.3) is 5.91 Å². The number of imidazole rings is 1. The molecule has 32 heavy (non-hydrogen) atoms. The Kier molecular flexibility index (Phi) is 5.13. The molecule has 0 saturated carbocycles. The van der Waals surface area contributed by atoms with E-state index >= 15 is 0 Å². The number of likely N-dealkylation sites (tertiary alicyclic amines) is 1. The van der Waals surface area contributed by atoms with Gasteiger partial charge in [0.1, 0.15) is 11.6 Å². The Labute approximate surface area is 187 Å². The Bertz CT molecular complexity index is 1290. The maximum absolute atomic E-state index is 13.4. The van der Waals surface area contributed by atoms with Crippen LogP contribution in [0.15, 0.2) is 54.6 Å². The number of aromatic nitrogens is 3. The number of pyridine rings is 1. The number of aromatic amines is 1. The Morgan fingerprint density at radius 3 is 2.62 bits per heavy atom. The number of nitrogens with one attached hydrogen (secondary N) is 1. The Morgan fingerprint density at radius 1 is 1.03 bits per heavy atom. The third-order valence-electron chi connectivity index (χ3n) is 6.10. The van der Waals surface area contributed by atoms with Crippen molar-refractivity contribution in [2.75, 3.05) is 13.7 Å². The highest BCUT2D eigenvalue weighted by Gasteiger charge is 2.32. The predicted octanol–water partition coefficient (Wildman–Crippen LogP) is 5.23. The molecule has 1 fully saturated rings. The van der Waals surface area contributed by atoms with Crippen LogP contribution in [0, 0.1) is 13.8 Å². The number of amides is 1. The molecule has 0 bridgehead atoms. The van der Waals surface area contributed by atoms with E-state index in [4.69, 9.17) is 9.72 Å². The summed E-state index contributed by atoms with van der Waals surface area (Å²) in [5, 5.41) is 0. The molecule has 2 aromatic carbocycles. The summed E-state index contributed by atoms with van der Waals surface area (Å²) < 4.78 is 5.28. The zero-order valence-electron chi connectivity index (χ0n) is 18.6. The van der Waals surface area contributed by atoms with E-state index in [-0.39, 0.29) is 11.9 Å². The normalized spacial score (nSPS) is 16.0. The van der Waals surface area contributed by atoms with Gasteiger partial charge >= 0.3 is 0 Å². The van der Waals surface area contributed by atoms with Crippen LogP contribution in [-0.2, 0) is 0 Å². The Morgan fingerprint density at radius 2 is 1.84 bits per heavy atom. The fourth-order valence-electron chi connectivity index (χ4n) is 4.57. The van der Waals surface area contributed by atoms with Crippen molar-refractivity contribution in [3.8, 4) is 16.9 Å². The molecule has 6 heteroatoms. The minimum absolute atomic E-state index is 0.0291. The summed E-state index contributed by atoms with van der Waals surface area (Å²) >= 11 is 0. The number of hydrogen-bond donors (Lipinski definition) is 1. The molecule has 1 unspecified atom stereocenters. The first-order chi connectivity index (χ1) is 15.5. The number of carbonyl (C=O) groups excluding carboxylic acids is 1. The molecule has 1 aliphatic heterocycles. The number of H-pyrrole nitrogens is 1. The first-order valence-corrected chi connectivity index (χ1v) is 10.9. The van der Waals surface area contributed by atoms with Gasteiger partial charge in [-0.2, -0.15) is 0 Å². The molecule has 6 nitrogen and oxygen atoms in total. The summed E-state index contributed by atoms with van der Waals surface area (Å²) in [4.78, 5) is 27.9. The van der Waals surface area contributed by atoms with Gasteiger partial charge in [-0.15, -0.1) is 0 Å². The van der Waals surface area contributed by atoms with Crippen molar-refractivity contribution in [2.24, 2.45) is 0 Å². The molecule has 1 aliphatic rings. The molecule has 1 N–H and O–H groups in total. The molecule has 2 aromatic heterocycles.